The van der Waals surface area contributed by atoms with Crippen LogP contribution in [-0.4, -0.2) is 15.6 Å². The first kappa shape index (κ1) is 21.9. The van der Waals surface area contributed by atoms with Gasteiger partial charge in [0, 0.05) is 11.4 Å². The largest absolute Gasteiger partial charge is 0.457 e. The van der Waals surface area contributed by atoms with Crippen molar-refractivity contribution in [1.29, 1.82) is 0 Å². The number of anilines is 2. The number of nitrogens with zero attached hydrogens (tertiary/aromatic N) is 2. The highest BCUT2D eigenvalue weighted by Crippen LogP contribution is 2.23. The number of rotatable bonds is 5. The van der Waals surface area contributed by atoms with Crippen LogP contribution < -0.4 is 20.9 Å². The quantitative estimate of drug-likeness (QED) is 0.329. The molecule has 5 aromatic rings. The second-order valence-electron chi connectivity index (χ2n) is 7.88. The number of aromatic nitrogens is 2. The van der Waals surface area contributed by atoms with Crippen LogP contribution >= 0.6 is 0 Å². The molecular weight excluding hydrogens is 440 g/mol. The molecule has 0 fully saturated rings. The lowest BCUT2D eigenvalue weighted by Gasteiger charge is -2.12. The summed E-state index contributed by atoms with van der Waals surface area (Å²) in [6, 6.07) is 30.5. The molecule has 1 aromatic heterocycles. The molecule has 1 heterocycles. The zero-order valence-corrected chi connectivity index (χ0v) is 18.9. The minimum atomic E-state index is -0.379. The summed E-state index contributed by atoms with van der Waals surface area (Å²) >= 11 is 0. The lowest BCUT2D eigenvalue weighted by atomic mass is 10.2. The number of nitrogens with one attached hydrogen (secondary N) is 2. The fraction of sp³-hybridized carbons (Fsp3) is 0.0357. The van der Waals surface area contributed by atoms with Crippen LogP contribution in [0.4, 0.5) is 16.2 Å². The van der Waals surface area contributed by atoms with Gasteiger partial charge in [0.15, 0.2) is 0 Å². The Morgan fingerprint density at radius 2 is 1.31 bits per heavy atom. The molecule has 5 rings (SSSR count). The average molecular weight is 463 g/mol. The number of carbonyl (C=O) groups excluding carboxylic acids is 1. The standard InChI is InChI=1S/C28H22N4O3/c1-19-29-26-10-6-5-9-25(26)27(33)32(19)22-15-11-20(12-16-22)30-28(34)31-21-13-17-24(18-14-21)35-23-7-3-2-4-8-23/h2-18H,1H3,(H2,30,31,34). The van der Waals surface area contributed by atoms with Crippen LogP contribution in [0.25, 0.3) is 16.6 Å². The third-order valence-corrected chi connectivity index (χ3v) is 5.42. The number of benzene rings is 4. The van der Waals surface area contributed by atoms with E-state index in [4.69, 9.17) is 4.74 Å². The highest BCUT2D eigenvalue weighted by Gasteiger charge is 2.10. The van der Waals surface area contributed by atoms with Gasteiger partial charge < -0.3 is 15.4 Å². The Bertz CT molecular complexity index is 1540. The van der Waals surface area contributed by atoms with Gasteiger partial charge in [-0.15, -0.1) is 0 Å². The highest BCUT2D eigenvalue weighted by atomic mass is 16.5. The average Bonchev–Trinajstić information content (AvgIpc) is 2.87. The van der Waals surface area contributed by atoms with E-state index >= 15 is 0 Å². The van der Waals surface area contributed by atoms with Crippen molar-refractivity contribution < 1.29 is 9.53 Å². The van der Waals surface area contributed by atoms with E-state index < -0.39 is 0 Å². The minimum absolute atomic E-state index is 0.133. The molecule has 0 saturated carbocycles. The molecule has 0 unspecified atom stereocenters. The van der Waals surface area contributed by atoms with Gasteiger partial charge in [-0.25, -0.2) is 9.78 Å². The molecule has 0 aliphatic heterocycles. The number of aryl methyl sites for hydroxylation is 1. The van der Waals surface area contributed by atoms with Crippen molar-refractivity contribution in [1.82, 2.24) is 9.55 Å². The monoisotopic (exact) mass is 462 g/mol. The summed E-state index contributed by atoms with van der Waals surface area (Å²) in [7, 11) is 0. The van der Waals surface area contributed by atoms with Crippen molar-refractivity contribution in [2.75, 3.05) is 10.6 Å². The second kappa shape index (κ2) is 9.52. The van der Waals surface area contributed by atoms with Crippen LogP contribution in [0.1, 0.15) is 5.82 Å². The van der Waals surface area contributed by atoms with Crippen LogP contribution in [0.2, 0.25) is 0 Å². The third-order valence-electron chi connectivity index (χ3n) is 5.42. The summed E-state index contributed by atoms with van der Waals surface area (Å²) in [6.07, 6.45) is 0. The van der Waals surface area contributed by atoms with Crippen molar-refractivity contribution in [3.8, 4) is 17.2 Å². The predicted octanol–water partition coefficient (Wildman–Crippen LogP) is 6.13. The second-order valence-corrected chi connectivity index (χ2v) is 7.88. The SMILES string of the molecule is Cc1nc2ccccc2c(=O)n1-c1ccc(NC(=O)Nc2ccc(Oc3ccccc3)cc2)cc1. The minimum Gasteiger partial charge on any atom is -0.457 e. The Morgan fingerprint density at radius 3 is 2.00 bits per heavy atom. The number of ether oxygens (including phenoxy) is 1. The summed E-state index contributed by atoms with van der Waals surface area (Å²) in [5.74, 6) is 2.00. The summed E-state index contributed by atoms with van der Waals surface area (Å²) < 4.78 is 7.33. The predicted molar refractivity (Wildman–Crippen MR) is 138 cm³/mol. The maximum Gasteiger partial charge on any atom is 0.323 e. The summed E-state index contributed by atoms with van der Waals surface area (Å²) in [4.78, 5) is 30.0. The zero-order valence-electron chi connectivity index (χ0n) is 18.9. The zero-order chi connectivity index (χ0) is 24.2. The van der Waals surface area contributed by atoms with Crippen molar-refractivity contribution in [3.05, 3.63) is 119 Å². The van der Waals surface area contributed by atoms with E-state index in [1.54, 1.807) is 66.1 Å². The molecule has 4 aromatic carbocycles. The van der Waals surface area contributed by atoms with E-state index in [1.165, 1.54) is 0 Å². The molecule has 7 nitrogen and oxygen atoms in total. The summed E-state index contributed by atoms with van der Waals surface area (Å²) in [6.45, 7) is 1.80. The molecule has 2 amide bonds. The molecule has 0 saturated heterocycles. The van der Waals surface area contributed by atoms with Gasteiger partial charge in [-0.2, -0.15) is 0 Å². The maximum atomic E-state index is 13.0. The van der Waals surface area contributed by atoms with E-state index in [-0.39, 0.29) is 11.6 Å². The third kappa shape index (κ3) is 4.89. The number of urea groups is 1. The number of fused-ring (bicyclic) bond motifs is 1. The Hall–Kier alpha value is -4.91. The van der Waals surface area contributed by atoms with Crippen LogP contribution in [-0.2, 0) is 0 Å². The Kier molecular flexibility index (Phi) is 5.96. The first-order valence-corrected chi connectivity index (χ1v) is 11.1. The molecule has 0 spiro atoms. The number of hydrogen-bond donors (Lipinski definition) is 2. The van der Waals surface area contributed by atoms with Gasteiger partial charge >= 0.3 is 6.03 Å². The first-order valence-electron chi connectivity index (χ1n) is 11.1. The molecule has 7 heteroatoms. The van der Waals surface area contributed by atoms with Crippen molar-refractivity contribution in [2.24, 2.45) is 0 Å². The van der Waals surface area contributed by atoms with Crippen LogP contribution in [0.3, 0.4) is 0 Å². The normalized spacial score (nSPS) is 10.7. The van der Waals surface area contributed by atoms with Crippen molar-refractivity contribution in [2.45, 2.75) is 6.92 Å². The molecule has 0 aliphatic rings. The lowest BCUT2D eigenvalue weighted by molar-refractivity contribution is 0.262. The molecule has 0 atom stereocenters. The van der Waals surface area contributed by atoms with Gasteiger partial charge in [-0.1, -0.05) is 30.3 Å². The molecule has 0 radical (unpaired) electrons. The molecule has 172 valence electrons. The topological polar surface area (TPSA) is 85.2 Å². The lowest BCUT2D eigenvalue weighted by Crippen LogP contribution is -2.22. The van der Waals surface area contributed by atoms with Crippen LogP contribution in [0, 0.1) is 6.92 Å². The van der Waals surface area contributed by atoms with Crippen molar-refractivity contribution >= 4 is 28.3 Å². The first-order chi connectivity index (χ1) is 17.1. The molecule has 2 N–H and O–H groups in total. The molecule has 0 aliphatic carbocycles. The van der Waals surface area contributed by atoms with Crippen LogP contribution in [0.15, 0.2) is 108 Å². The van der Waals surface area contributed by atoms with E-state index in [1.807, 2.05) is 48.5 Å². The van der Waals surface area contributed by atoms with E-state index in [0.29, 0.717) is 39.5 Å². The van der Waals surface area contributed by atoms with E-state index in [2.05, 4.69) is 15.6 Å². The Balaban J connectivity index is 1.25. The van der Waals surface area contributed by atoms with Gasteiger partial charge in [-0.05, 0) is 79.7 Å². The van der Waals surface area contributed by atoms with Gasteiger partial charge in [0.2, 0.25) is 0 Å². The fourth-order valence-electron chi connectivity index (χ4n) is 3.77. The van der Waals surface area contributed by atoms with Crippen LogP contribution in [0.5, 0.6) is 11.5 Å². The van der Waals surface area contributed by atoms with Crippen molar-refractivity contribution in [3.63, 3.8) is 0 Å². The summed E-state index contributed by atoms with van der Waals surface area (Å²) in [5.41, 5.74) is 2.43. The van der Waals surface area contributed by atoms with Gasteiger partial charge in [-0.3, -0.25) is 9.36 Å². The fourth-order valence-corrected chi connectivity index (χ4v) is 3.77. The van der Waals surface area contributed by atoms with Gasteiger partial charge in [0.1, 0.15) is 17.3 Å². The highest BCUT2D eigenvalue weighted by molar-refractivity contribution is 5.99. The molecular formula is C28H22N4O3. The summed E-state index contributed by atoms with van der Waals surface area (Å²) in [5, 5.41) is 6.15. The van der Waals surface area contributed by atoms with Gasteiger partial charge in [0.25, 0.3) is 5.56 Å². The van der Waals surface area contributed by atoms with E-state index in [0.717, 1.165) is 5.75 Å². The smallest absolute Gasteiger partial charge is 0.323 e. The number of amides is 2. The maximum absolute atomic E-state index is 13.0. The number of para-hydroxylation sites is 2. The number of hydrogen-bond acceptors (Lipinski definition) is 4. The van der Waals surface area contributed by atoms with E-state index in [9.17, 15) is 9.59 Å². The number of carbonyl (C=O) groups is 1. The molecule has 35 heavy (non-hydrogen) atoms. The molecule has 0 bridgehead atoms. The van der Waals surface area contributed by atoms with Gasteiger partial charge in [0.05, 0.1) is 16.6 Å². The Labute approximate surface area is 201 Å². The Morgan fingerprint density at radius 1 is 0.743 bits per heavy atom.